The zero-order valence-corrected chi connectivity index (χ0v) is 14.7. The molecule has 5 nitrogen and oxygen atoms in total. The molecule has 1 aromatic carbocycles. The molecule has 1 aliphatic rings. The van der Waals surface area contributed by atoms with Crippen LogP contribution in [0.15, 0.2) is 64.8 Å². The molecular weight excluding hydrogens is 356 g/mol. The summed E-state index contributed by atoms with van der Waals surface area (Å²) in [7, 11) is 0. The number of amides is 1. The summed E-state index contributed by atoms with van der Waals surface area (Å²) in [6, 6.07) is 13.9. The molecule has 3 aromatic rings. The Morgan fingerprint density at radius 2 is 2.00 bits per heavy atom. The molecule has 0 bridgehead atoms. The summed E-state index contributed by atoms with van der Waals surface area (Å²) in [6.45, 7) is 0.643. The molecule has 126 valence electrons. The number of carbonyl (C=O) groups excluding carboxylic acids is 1. The molecule has 0 fully saturated rings. The number of thioether (sulfide) groups is 1. The fourth-order valence-electron chi connectivity index (χ4n) is 2.50. The fraction of sp³-hybridized carbons (Fsp3) is 0.0556. The van der Waals surface area contributed by atoms with Gasteiger partial charge in [0.15, 0.2) is 5.17 Å². The van der Waals surface area contributed by atoms with Crippen LogP contribution in [0.2, 0.25) is 0 Å². The standard InChI is InChI=1S/C18H14N4OS.ClH/c23-17-15(9-13-11-20-16-14(13)7-4-8-19-16)24-18(22-17)21-10-12-5-2-1-3-6-12;/h1-9,11H,10H2,(H,19,20)(H,21,22,23);1H/b15-9+;. The van der Waals surface area contributed by atoms with E-state index in [1.54, 1.807) is 6.20 Å². The highest BCUT2D eigenvalue weighted by molar-refractivity contribution is 8.18. The first-order chi connectivity index (χ1) is 11.8. The summed E-state index contributed by atoms with van der Waals surface area (Å²) in [6.07, 6.45) is 5.45. The number of benzene rings is 1. The third-order valence-electron chi connectivity index (χ3n) is 3.68. The van der Waals surface area contributed by atoms with E-state index in [0.29, 0.717) is 16.6 Å². The summed E-state index contributed by atoms with van der Waals surface area (Å²) in [5, 5.41) is 4.83. The second kappa shape index (κ2) is 7.55. The molecule has 0 aliphatic carbocycles. The summed E-state index contributed by atoms with van der Waals surface area (Å²) in [4.78, 5) is 24.2. The number of aliphatic imine (C=N–C) groups is 1. The van der Waals surface area contributed by atoms with E-state index in [2.05, 4.69) is 20.3 Å². The maximum absolute atomic E-state index is 12.1. The Kier molecular flexibility index (Phi) is 5.21. The number of pyridine rings is 1. The lowest BCUT2D eigenvalue weighted by molar-refractivity contribution is -0.113. The van der Waals surface area contributed by atoms with E-state index in [0.717, 1.165) is 22.2 Å². The summed E-state index contributed by atoms with van der Waals surface area (Å²) < 4.78 is 0. The highest BCUT2D eigenvalue weighted by Gasteiger charge is 2.22. The minimum absolute atomic E-state index is 0. The van der Waals surface area contributed by atoms with Gasteiger partial charge in [-0.1, -0.05) is 30.3 Å². The van der Waals surface area contributed by atoms with Gasteiger partial charge in [0.05, 0.1) is 4.91 Å². The van der Waals surface area contributed by atoms with Crippen molar-refractivity contribution in [3.05, 3.63) is 70.9 Å². The Labute approximate surface area is 155 Å². The molecule has 1 aliphatic heterocycles. The van der Waals surface area contributed by atoms with Crippen molar-refractivity contribution >= 4 is 52.4 Å². The smallest absolute Gasteiger partial charge is 0.286 e. The summed E-state index contributed by atoms with van der Waals surface area (Å²) >= 11 is 1.36. The zero-order valence-electron chi connectivity index (χ0n) is 13.1. The van der Waals surface area contributed by atoms with E-state index < -0.39 is 0 Å². The van der Waals surface area contributed by atoms with Gasteiger partial charge in [-0.15, -0.1) is 12.4 Å². The Hall–Kier alpha value is -2.57. The Morgan fingerprint density at radius 1 is 1.16 bits per heavy atom. The normalized spacial score (nSPS) is 15.3. The van der Waals surface area contributed by atoms with Gasteiger partial charge in [-0.25, -0.2) is 4.98 Å². The number of nitrogens with zero attached hydrogens (tertiary/aromatic N) is 2. The molecule has 0 atom stereocenters. The van der Waals surface area contributed by atoms with Crippen molar-refractivity contribution in [1.29, 1.82) is 0 Å². The molecule has 2 N–H and O–H groups in total. The maximum atomic E-state index is 12.1. The number of carbonyl (C=O) groups is 1. The summed E-state index contributed by atoms with van der Waals surface area (Å²) in [5.41, 5.74) is 2.89. The van der Waals surface area contributed by atoms with Crippen LogP contribution in [0.1, 0.15) is 11.1 Å². The molecule has 7 heteroatoms. The fourth-order valence-corrected chi connectivity index (χ4v) is 3.30. The minimum Gasteiger partial charge on any atom is -0.360 e. The molecule has 0 radical (unpaired) electrons. The van der Waals surface area contributed by atoms with Crippen LogP contribution in [0.3, 0.4) is 0 Å². The first-order valence-electron chi connectivity index (χ1n) is 7.52. The van der Waals surface area contributed by atoms with Crippen LogP contribution in [-0.4, -0.2) is 21.0 Å². The van der Waals surface area contributed by atoms with Gasteiger partial charge in [0.2, 0.25) is 0 Å². The van der Waals surface area contributed by atoms with Gasteiger partial charge in [-0.05, 0) is 35.5 Å². The van der Waals surface area contributed by atoms with E-state index in [1.807, 2.05) is 54.7 Å². The average molecular weight is 371 g/mol. The molecule has 0 saturated carbocycles. The number of fused-ring (bicyclic) bond motifs is 1. The van der Waals surface area contributed by atoms with Gasteiger partial charge in [0.25, 0.3) is 5.91 Å². The number of hydrogen-bond donors (Lipinski definition) is 2. The molecular formula is C18H15ClN4OS. The molecule has 4 rings (SSSR count). The molecule has 3 heterocycles. The van der Waals surface area contributed by atoms with E-state index in [-0.39, 0.29) is 18.3 Å². The van der Waals surface area contributed by atoms with Crippen LogP contribution < -0.4 is 5.32 Å². The molecule has 0 unspecified atom stereocenters. The molecule has 2 aromatic heterocycles. The van der Waals surface area contributed by atoms with Crippen molar-refractivity contribution in [2.45, 2.75) is 6.54 Å². The van der Waals surface area contributed by atoms with Crippen LogP contribution in [-0.2, 0) is 11.3 Å². The topological polar surface area (TPSA) is 70.1 Å². The lowest BCUT2D eigenvalue weighted by Gasteiger charge is -2.04. The maximum Gasteiger partial charge on any atom is 0.286 e. The van der Waals surface area contributed by atoms with E-state index in [4.69, 9.17) is 0 Å². The van der Waals surface area contributed by atoms with Crippen LogP contribution in [0, 0.1) is 0 Å². The van der Waals surface area contributed by atoms with Crippen LogP contribution in [0.25, 0.3) is 17.1 Å². The van der Waals surface area contributed by atoms with Crippen LogP contribution >= 0.6 is 24.2 Å². The van der Waals surface area contributed by atoms with Gasteiger partial charge in [0.1, 0.15) is 5.65 Å². The van der Waals surface area contributed by atoms with Gasteiger partial charge < -0.3 is 10.3 Å². The first kappa shape index (κ1) is 17.3. The Morgan fingerprint density at radius 3 is 2.84 bits per heavy atom. The minimum atomic E-state index is -0.214. The number of hydrogen-bond acceptors (Lipinski definition) is 4. The van der Waals surface area contributed by atoms with Crippen molar-refractivity contribution < 1.29 is 4.79 Å². The van der Waals surface area contributed by atoms with E-state index in [1.165, 1.54) is 11.8 Å². The largest absolute Gasteiger partial charge is 0.360 e. The quantitative estimate of drug-likeness (QED) is 0.689. The van der Waals surface area contributed by atoms with Crippen LogP contribution in [0.4, 0.5) is 0 Å². The second-order valence-corrected chi connectivity index (χ2v) is 6.35. The first-order valence-corrected chi connectivity index (χ1v) is 8.34. The van der Waals surface area contributed by atoms with Gasteiger partial charge >= 0.3 is 0 Å². The van der Waals surface area contributed by atoms with E-state index in [9.17, 15) is 4.79 Å². The lowest BCUT2D eigenvalue weighted by Crippen LogP contribution is -2.17. The van der Waals surface area contributed by atoms with Crippen molar-refractivity contribution in [3.8, 4) is 0 Å². The number of rotatable bonds is 3. The molecule has 25 heavy (non-hydrogen) atoms. The highest BCUT2D eigenvalue weighted by Crippen LogP contribution is 2.29. The SMILES string of the molecule is Cl.O=C1N=C(NCc2ccccc2)S/C1=C/c1c[nH]c2ncccc12. The lowest BCUT2D eigenvalue weighted by atomic mass is 10.2. The van der Waals surface area contributed by atoms with Crippen molar-refractivity contribution in [1.82, 2.24) is 15.3 Å². The molecule has 0 saturated heterocycles. The average Bonchev–Trinajstić information content (AvgIpc) is 3.18. The summed E-state index contributed by atoms with van der Waals surface area (Å²) in [5.74, 6) is -0.214. The molecule has 1 amide bonds. The molecule has 0 spiro atoms. The van der Waals surface area contributed by atoms with Gasteiger partial charge in [-0.2, -0.15) is 4.99 Å². The Bertz CT molecular complexity index is 965. The predicted octanol–water partition coefficient (Wildman–Crippen LogP) is 3.74. The third-order valence-corrected chi connectivity index (χ3v) is 4.62. The van der Waals surface area contributed by atoms with Crippen molar-refractivity contribution in [3.63, 3.8) is 0 Å². The number of halogens is 1. The third kappa shape index (κ3) is 3.75. The number of aromatic nitrogens is 2. The number of nitrogens with one attached hydrogen (secondary N) is 2. The van der Waals surface area contributed by atoms with Crippen molar-refractivity contribution in [2.75, 3.05) is 0 Å². The highest BCUT2D eigenvalue weighted by atomic mass is 35.5. The van der Waals surface area contributed by atoms with Gasteiger partial charge in [-0.3, -0.25) is 4.79 Å². The second-order valence-electron chi connectivity index (χ2n) is 5.32. The van der Waals surface area contributed by atoms with Crippen molar-refractivity contribution in [2.24, 2.45) is 4.99 Å². The van der Waals surface area contributed by atoms with Gasteiger partial charge in [0, 0.05) is 29.9 Å². The number of H-pyrrole nitrogens is 1. The number of amidine groups is 1. The zero-order chi connectivity index (χ0) is 16.4. The number of aromatic amines is 1. The van der Waals surface area contributed by atoms with Crippen LogP contribution in [0.5, 0.6) is 0 Å². The Balaban J connectivity index is 0.00000182. The van der Waals surface area contributed by atoms with E-state index >= 15 is 0 Å². The monoisotopic (exact) mass is 370 g/mol. The predicted molar refractivity (Wildman–Crippen MR) is 105 cm³/mol.